The minimum atomic E-state index is 0.724. The van der Waals surface area contributed by atoms with Gasteiger partial charge in [-0.05, 0) is 58.2 Å². The number of nitrogens with one attached hydrogen (secondary N) is 2. The third kappa shape index (κ3) is 6.91. The Morgan fingerprint density at radius 1 is 1.17 bits per heavy atom. The predicted octanol–water partition coefficient (Wildman–Crippen LogP) is 3.40. The summed E-state index contributed by atoms with van der Waals surface area (Å²) in [7, 11) is 0. The molecule has 0 amide bonds. The number of aliphatic imine (C=N–C) groups is 1. The van der Waals surface area contributed by atoms with E-state index in [0.29, 0.717) is 0 Å². The summed E-state index contributed by atoms with van der Waals surface area (Å²) in [6.07, 6.45) is 6.60. The summed E-state index contributed by atoms with van der Waals surface area (Å²) >= 11 is 0. The molecule has 1 aromatic carbocycles. The van der Waals surface area contributed by atoms with Crippen molar-refractivity contribution in [3.63, 3.8) is 0 Å². The van der Waals surface area contributed by atoms with Crippen molar-refractivity contribution in [3.05, 3.63) is 35.9 Å². The number of piperidine rings is 1. The van der Waals surface area contributed by atoms with Crippen LogP contribution >= 0.6 is 0 Å². The maximum absolute atomic E-state index is 4.67. The summed E-state index contributed by atoms with van der Waals surface area (Å²) in [5.74, 6) is 0.924. The molecular weight excluding hydrogens is 296 g/mol. The lowest BCUT2D eigenvalue weighted by Crippen LogP contribution is -2.39. The largest absolute Gasteiger partial charge is 0.357 e. The van der Waals surface area contributed by atoms with Crippen molar-refractivity contribution in [1.82, 2.24) is 15.5 Å². The van der Waals surface area contributed by atoms with Crippen molar-refractivity contribution >= 4 is 5.96 Å². The van der Waals surface area contributed by atoms with E-state index in [4.69, 9.17) is 0 Å². The van der Waals surface area contributed by atoms with Crippen LogP contribution in [0.1, 0.15) is 51.5 Å². The van der Waals surface area contributed by atoms with E-state index < -0.39 is 0 Å². The van der Waals surface area contributed by atoms with Crippen molar-refractivity contribution in [1.29, 1.82) is 0 Å². The van der Waals surface area contributed by atoms with E-state index in [-0.39, 0.29) is 0 Å². The van der Waals surface area contributed by atoms with E-state index in [1.54, 1.807) is 0 Å². The van der Waals surface area contributed by atoms with Crippen molar-refractivity contribution < 1.29 is 0 Å². The number of guanidine groups is 1. The molecule has 0 radical (unpaired) electrons. The van der Waals surface area contributed by atoms with Crippen molar-refractivity contribution in [2.24, 2.45) is 4.99 Å². The molecule has 2 rings (SSSR count). The highest BCUT2D eigenvalue weighted by Crippen LogP contribution is 2.16. The van der Waals surface area contributed by atoms with Crippen LogP contribution in [-0.2, 0) is 6.54 Å². The zero-order chi connectivity index (χ0) is 17.0. The molecule has 1 fully saturated rings. The van der Waals surface area contributed by atoms with Gasteiger partial charge in [-0.15, -0.1) is 0 Å². The number of nitrogens with zero attached hydrogens (tertiary/aromatic N) is 2. The van der Waals surface area contributed by atoms with Crippen molar-refractivity contribution in [2.45, 2.75) is 58.5 Å². The molecule has 0 aromatic heterocycles. The zero-order valence-corrected chi connectivity index (χ0v) is 15.4. The number of likely N-dealkylation sites (tertiary alicyclic amines) is 1. The number of benzene rings is 1. The topological polar surface area (TPSA) is 39.7 Å². The second kappa shape index (κ2) is 11.1. The fraction of sp³-hybridized carbons (Fsp3) is 0.650. The van der Waals surface area contributed by atoms with E-state index in [1.807, 2.05) is 6.07 Å². The quantitative estimate of drug-likeness (QED) is 0.436. The molecule has 4 nitrogen and oxygen atoms in total. The first kappa shape index (κ1) is 18.8. The SMILES string of the molecule is CCNC(=NCc1ccccc1)NCCCCN1CCCCC1C. The maximum Gasteiger partial charge on any atom is 0.191 e. The summed E-state index contributed by atoms with van der Waals surface area (Å²) in [5, 5.41) is 6.79. The highest BCUT2D eigenvalue weighted by Gasteiger charge is 2.16. The van der Waals surface area contributed by atoms with Gasteiger partial charge in [0.25, 0.3) is 0 Å². The van der Waals surface area contributed by atoms with Gasteiger partial charge in [-0.2, -0.15) is 0 Å². The maximum atomic E-state index is 4.67. The highest BCUT2D eigenvalue weighted by molar-refractivity contribution is 5.79. The van der Waals surface area contributed by atoms with E-state index in [0.717, 1.165) is 31.6 Å². The molecule has 1 aromatic rings. The van der Waals surface area contributed by atoms with Crippen LogP contribution in [0.3, 0.4) is 0 Å². The van der Waals surface area contributed by atoms with Gasteiger partial charge in [0.15, 0.2) is 5.96 Å². The summed E-state index contributed by atoms with van der Waals surface area (Å²) in [5.41, 5.74) is 1.24. The van der Waals surface area contributed by atoms with E-state index in [2.05, 4.69) is 58.6 Å². The van der Waals surface area contributed by atoms with Crippen LogP contribution < -0.4 is 10.6 Å². The Bertz CT molecular complexity index is 472. The van der Waals surface area contributed by atoms with Crippen LogP contribution in [0.4, 0.5) is 0 Å². The third-order valence-corrected chi connectivity index (χ3v) is 4.71. The molecule has 0 aliphatic carbocycles. The zero-order valence-electron chi connectivity index (χ0n) is 15.4. The monoisotopic (exact) mass is 330 g/mol. The highest BCUT2D eigenvalue weighted by atomic mass is 15.2. The standard InChI is InChI=1S/C20H34N4/c1-3-21-20(23-17-19-12-5-4-6-13-19)22-14-8-10-16-24-15-9-7-11-18(24)2/h4-6,12-13,18H,3,7-11,14-17H2,1-2H3,(H2,21,22,23). The molecule has 0 bridgehead atoms. The molecule has 1 aliphatic rings. The van der Waals surface area contributed by atoms with Crippen LogP contribution in [0.25, 0.3) is 0 Å². The van der Waals surface area contributed by atoms with Crippen molar-refractivity contribution in [3.8, 4) is 0 Å². The number of unbranched alkanes of at least 4 members (excludes halogenated alkanes) is 1. The molecule has 4 heteroatoms. The molecule has 1 aliphatic heterocycles. The van der Waals surface area contributed by atoms with Gasteiger partial charge >= 0.3 is 0 Å². The Hall–Kier alpha value is -1.55. The van der Waals surface area contributed by atoms with Crippen LogP contribution in [-0.4, -0.2) is 43.1 Å². The Morgan fingerprint density at radius 3 is 2.75 bits per heavy atom. The van der Waals surface area contributed by atoms with Crippen LogP contribution in [0.15, 0.2) is 35.3 Å². The fourth-order valence-corrected chi connectivity index (χ4v) is 3.23. The van der Waals surface area contributed by atoms with E-state index in [9.17, 15) is 0 Å². The lowest BCUT2D eigenvalue weighted by Gasteiger charge is -2.33. The average Bonchev–Trinajstić information content (AvgIpc) is 2.61. The minimum absolute atomic E-state index is 0.724. The second-order valence-corrected chi connectivity index (χ2v) is 6.70. The van der Waals surface area contributed by atoms with Gasteiger partial charge in [-0.25, -0.2) is 4.99 Å². The molecule has 0 spiro atoms. The first-order valence-corrected chi connectivity index (χ1v) is 9.59. The molecule has 1 heterocycles. The van der Waals surface area contributed by atoms with Crippen LogP contribution in [0.2, 0.25) is 0 Å². The number of hydrogen-bond donors (Lipinski definition) is 2. The molecule has 1 atom stereocenters. The van der Waals surface area contributed by atoms with Crippen LogP contribution in [0, 0.1) is 0 Å². The summed E-state index contributed by atoms with van der Waals surface area (Å²) < 4.78 is 0. The molecule has 1 unspecified atom stereocenters. The van der Waals surface area contributed by atoms with Gasteiger partial charge < -0.3 is 15.5 Å². The summed E-state index contributed by atoms with van der Waals surface area (Å²) in [6, 6.07) is 11.2. The molecule has 24 heavy (non-hydrogen) atoms. The molecular formula is C20H34N4. The van der Waals surface area contributed by atoms with Gasteiger partial charge in [0.05, 0.1) is 6.54 Å². The first-order chi connectivity index (χ1) is 11.8. The van der Waals surface area contributed by atoms with Gasteiger partial charge in [0, 0.05) is 19.1 Å². The van der Waals surface area contributed by atoms with Gasteiger partial charge in [0.1, 0.15) is 0 Å². The Balaban J connectivity index is 1.65. The van der Waals surface area contributed by atoms with E-state index in [1.165, 1.54) is 50.8 Å². The Morgan fingerprint density at radius 2 is 2.00 bits per heavy atom. The second-order valence-electron chi connectivity index (χ2n) is 6.70. The molecule has 1 saturated heterocycles. The normalized spacial score (nSPS) is 19.2. The first-order valence-electron chi connectivity index (χ1n) is 9.59. The third-order valence-electron chi connectivity index (χ3n) is 4.71. The van der Waals surface area contributed by atoms with Crippen molar-refractivity contribution in [2.75, 3.05) is 26.2 Å². The number of hydrogen-bond acceptors (Lipinski definition) is 2. The Kier molecular flexibility index (Phi) is 8.67. The van der Waals surface area contributed by atoms with Gasteiger partial charge in [-0.1, -0.05) is 36.8 Å². The molecule has 0 saturated carbocycles. The minimum Gasteiger partial charge on any atom is -0.357 e. The average molecular weight is 331 g/mol. The van der Waals surface area contributed by atoms with Crippen LogP contribution in [0.5, 0.6) is 0 Å². The summed E-state index contributed by atoms with van der Waals surface area (Å²) in [6.45, 7) is 9.61. The smallest absolute Gasteiger partial charge is 0.191 e. The van der Waals surface area contributed by atoms with E-state index >= 15 is 0 Å². The molecule has 134 valence electrons. The predicted molar refractivity (Wildman–Crippen MR) is 103 cm³/mol. The lowest BCUT2D eigenvalue weighted by atomic mass is 10.0. The number of rotatable bonds is 8. The lowest BCUT2D eigenvalue weighted by molar-refractivity contribution is 0.158. The molecule has 2 N–H and O–H groups in total. The van der Waals surface area contributed by atoms with Gasteiger partial charge in [-0.3, -0.25) is 0 Å². The summed E-state index contributed by atoms with van der Waals surface area (Å²) in [4.78, 5) is 7.32. The fourth-order valence-electron chi connectivity index (χ4n) is 3.23. The Labute approximate surface area is 147 Å². The van der Waals surface area contributed by atoms with Gasteiger partial charge in [0.2, 0.25) is 0 Å².